The van der Waals surface area contributed by atoms with Crippen molar-refractivity contribution in [1.29, 1.82) is 0 Å². The molecule has 0 atom stereocenters. The summed E-state index contributed by atoms with van der Waals surface area (Å²) in [4.78, 5) is 24.1. The van der Waals surface area contributed by atoms with Gasteiger partial charge in [0.2, 0.25) is 0 Å². The zero-order valence-corrected chi connectivity index (χ0v) is 19.3. The number of carbonyl (C=O) groups excluding carboxylic acids is 1. The minimum Gasteiger partial charge on any atom is -0.493 e. The van der Waals surface area contributed by atoms with Gasteiger partial charge in [-0.05, 0) is 19.1 Å². The second-order valence-electron chi connectivity index (χ2n) is 7.54. The van der Waals surface area contributed by atoms with Gasteiger partial charge in [0.1, 0.15) is 5.56 Å². The van der Waals surface area contributed by atoms with Crippen LogP contribution in [0.4, 0.5) is 5.69 Å². The van der Waals surface area contributed by atoms with Crippen molar-refractivity contribution in [2.24, 2.45) is 0 Å². The van der Waals surface area contributed by atoms with Crippen LogP contribution in [-0.4, -0.2) is 34.3 Å². The zero-order chi connectivity index (χ0) is 24.8. The van der Waals surface area contributed by atoms with Gasteiger partial charge in [0.15, 0.2) is 11.5 Å². The summed E-state index contributed by atoms with van der Waals surface area (Å²) < 4.78 is 12.4. The highest BCUT2D eigenvalue weighted by atomic mass is 16.6. The summed E-state index contributed by atoms with van der Waals surface area (Å²) in [5.41, 5.74) is 2.74. The summed E-state index contributed by atoms with van der Waals surface area (Å²) in [6.45, 7) is 2.20. The van der Waals surface area contributed by atoms with Gasteiger partial charge in [-0.3, -0.25) is 14.9 Å². The van der Waals surface area contributed by atoms with E-state index in [0.29, 0.717) is 12.3 Å². The lowest BCUT2D eigenvalue weighted by molar-refractivity contribution is -0.385. The second-order valence-corrected chi connectivity index (χ2v) is 7.54. The number of rotatable bonds is 9. The lowest BCUT2D eigenvalue weighted by Gasteiger charge is -2.12. The number of nitro groups is 1. The van der Waals surface area contributed by atoms with E-state index in [9.17, 15) is 14.9 Å². The Morgan fingerprint density at radius 2 is 1.74 bits per heavy atom. The Kier molecular flexibility index (Phi) is 7.06. The fraction of sp³-hybridized carbons (Fsp3) is 0.154. The van der Waals surface area contributed by atoms with Crippen molar-refractivity contribution in [2.75, 3.05) is 13.7 Å². The topological polar surface area (TPSA) is 109 Å². The third-order valence-corrected chi connectivity index (χ3v) is 5.32. The van der Waals surface area contributed by atoms with Crippen molar-refractivity contribution in [3.63, 3.8) is 0 Å². The zero-order valence-electron chi connectivity index (χ0n) is 19.3. The molecule has 0 fully saturated rings. The van der Waals surface area contributed by atoms with Crippen molar-refractivity contribution < 1.29 is 19.2 Å². The average Bonchev–Trinajstić information content (AvgIpc) is 3.32. The lowest BCUT2D eigenvalue weighted by atomic mass is 10.1. The van der Waals surface area contributed by atoms with E-state index in [-0.39, 0.29) is 29.3 Å². The van der Waals surface area contributed by atoms with Crippen LogP contribution in [0, 0.1) is 10.1 Å². The minimum atomic E-state index is -0.615. The number of hydrogen-bond acceptors (Lipinski definition) is 6. The Bertz CT molecular complexity index is 1340. The molecule has 4 aromatic rings. The Balaban J connectivity index is 1.67. The molecule has 1 N–H and O–H groups in total. The highest BCUT2D eigenvalue weighted by Crippen LogP contribution is 2.35. The summed E-state index contributed by atoms with van der Waals surface area (Å²) in [7, 11) is 1.39. The molecule has 1 amide bonds. The standard InChI is InChI=1S/C26H24N4O5/c1-3-35-24-14-21(22(30(32)33)15-23(24)34-2)26(31)27-16-19-17-29(20-12-8-5-9-13-20)28-25(19)18-10-6-4-7-11-18/h4-15,17H,3,16H2,1-2H3,(H,27,31). The number of methoxy groups -OCH3 is 1. The maximum absolute atomic E-state index is 13.1. The van der Waals surface area contributed by atoms with E-state index in [1.54, 1.807) is 11.6 Å². The van der Waals surface area contributed by atoms with E-state index in [1.165, 1.54) is 19.2 Å². The molecule has 9 heteroatoms. The van der Waals surface area contributed by atoms with Crippen LogP contribution in [0.25, 0.3) is 16.9 Å². The first-order valence-corrected chi connectivity index (χ1v) is 11.0. The summed E-state index contributed by atoms with van der Waals surface area (Å²) in [5.74, 6) is -0.162. The highest BCUT2D eigenvalue weighted by Gasteiger charge is 2.25. The maximum atomic E-state index is 13.1. The Morgan fingerprint density at radius 3 is 2.37 bits per heavy atom. The van der Waals surface area contributed by atoms with Gasteiger partial charge < -0.3 is 14.8 Å². The van der Waals surface area contributed by atoms with Gasteiger partial charge in [0, 0.05) is 29.9 Å². The van der Waals surface area contributed by atoms with Crippen molar-refractivity contribution in [1.82, 2.24) is 15.1 Å². The van der Waals surface area contributed by atoms with Gasteiger partial charge in [0.25, 0.3) is 11.6 Å². The van der Waals surface area contributed by atoms with Crippen LogP contribution >= 0.6 is 0 Å². The van der Waals surface area contributed by atoms with Gasteiger partial charge in [-0.2, -0.15) is 5.10 Å². The summed E-state index contributed by atoms with van der Waals surface area (Å²) >= 11 is 0. The number of amides is 1. The van der Waals surface area contributed by atoms with Crippen molar-refractivity contribution in [2.45, 2.75) is 13.5 Å². The molecule has 0 saturated carbocycles. The SMILES string of the molecule is CCOc1cc(C(=O)NCc2cn(-c3ccccc3)nc2-c2ccccc2)c([N+](=O)[O-])cc1OC. The molecule has 0 aliphatic carbocycles. The second kappa shape index (κ2) is 10.5. The fourth-order valence-electron chi connectivity index (χ4n) is 3.67. The quantitative estimate of drug-likeness (QED) is 0.277. The average molecular weight is 473 g/mol. The van der Waals surface area contributed by atoms with Crippen molar-refractivity contribution >= 4 is 11.6 Å². The number of benzene rings is 3. The molecule has 3 aromatic carbocycles. The van der Waals surface area contributed by atoms with E-state index in [4.69, 9.17) is 14.6 Å². The first-order chi connectivity index (χ1) is 17.0. The van der Waals surface area contributed by atoms with Crippen LogP contribution in [0.5, 0.6) is 11.5 Å². The molecule has 0 radical (unpaired) electrons. The number of hydrogen-bond donors (Lipinski definition) is 1. The fourth-order valence-corrected chi connectivity index (χ4v) is 3.67. The molecular formula is C26H24N4O5. The molecule has 4 rings (SSSR count). The molecule has 1 aromatic heterocycles. The summed E-state index contributed by atoms with van der Waals surface area (Å²) in [6, 6.07) is 21.8. The molecule has 0 aliphatic heterocycles. The minimum absolute atomic E-state index is 0.114. The number of nitrogens with one attached hydrogen (secondary N) is 1. The van der Waals surface area contributed by atoms with Crippen molar-refractivity contribution in [3.05, 3.63) is 100 Å². The first kappa shape index (κ1) is 23.5. The molecule has 0 saturated heterocycles. The molecule has 35 heavy (non-hydrogen) atoms. The smallest absolute Gasteiger partial charge is 0.286 e. The monoisotopic (exact) mass is 472 g/mol. The first-order valence-electron chi connectivity index (χ1n) is 11.0. The number of nitro benzene ring substituents is 1. The van der Waals surface area contributed by atoms with E-state index < -0.39 is 10.8 Å². The largest absolute Gasteiger partial charge is 0.493 e. The van der Waals surface area contributed by atoms with E-state index in [2.05, 4.69) is 5.32 Å². The predicted molar refractivity (Wildman–Crippen MR) is 131 cm³/mol. The molecule has 0 spiro atoms. The molecule has 1 heterocycles. The van der Waals surface area contributed by atoms with Crippen LogP contribution in [0.1, 0.15) is 22.8 Å². The lowest BCUT2D eigenvalue weighted by Crippen LogP contribution is -2.24. The number of para-hydroxylation sites is 1. The van der Waals surface area contributed by atoms with Gasteiger partial charge in [-0.1, -0.05) is 48.5 Å². The van der Waals surface area contributed by atoms with E-state index in [0.717, 1.165) is 16.8 Å². The van der Waals surface area contributed by atoms with Crippen molar-refractivity contribution in [3.8, 4) is 28.4 Å². The molecule has 178 valence electrons. The molecular weight excluding hydrogens is 448 g/mol. The van der Waals surface area contributed by atoms with Gasteiger partial charge >= 0.3 is 0 Å². The molecule has 0 unspecified atom stereocenters. The van der Waals surface area contributed by atoms with Gasteiger partial charge in [-0.15, -0.1) is 0 Å². The third kappa shape index (κ3) is 5.14. The van der Waals surface area contributed by atoms with Gasteiger partial charge in [0.05, 0.1) is 36.1 Å². The number of ether oxygens (including phenoxy) is 2. The number of aromatic nitrogens is 2. The maximum Gasteiger partial charge on any atom is 0.286 e. The molecule has 9 nitrogen and oxygen atoms in total. The Hall–Kier alpha value is -4.66. The normalized spacial score (nSPS) is 10.6. The summed E-state index contributed by atoms with van der Waals surface area (Å²) in [5, 5.41) is 19.2. The Labute approximate surface area is 202 Å². The van der Waals surface area contributed by atoms with E-state index >= 15 is 0 Å². The van der Waals surface area contributed by atoms with Crippen LogP contribution < -0.4 is 14.8 Å². The Morgan fingerprint density at radius 1 is 1.06 bits per heavy atom. The van der Waals surface area contributed by atoms with Gasteiger partial charge in [-0.25, -0.2) is 4.68 Å². The number of carbonyl (C=O) groups is 1. The van der Waals surface area contributed by atoms with Crippen LogP contribution in [0.3, 0.4) is 0 Å². The van der Waals surface area contributed by atoms with E-state index in [1.807, 2.05) is 66.9 Å². The molecule has 0 bridgehead atoms. The van der Waals surface area contributed by atoms with Crippen LogP contribution in [0.15, 0.2) is 79.0 Å². The van der Waals surface area contributed by atoms with Crippen LogP contribution in [0.2, 0.25) is 0 Å². The molecule has 0 aliphatic rings. The van der Waals surface area contributed by atoms with Crippen LogP contribution in [-0.2, 0) is 6.54 Å². The number of nitrogens with zero attached hydrogens (tertiary/aromatic N) is 3. The highest BCUT2D eigenvalue weighted by molar-refractivity contribution is 5.99. The third-order valence-electron chi connectivity index (χ3n) is 5.32. The summed E-state index contributed by atoms with van der Waals surface area (Å²) in [6.07, 6.45) is 1.84. The predicted octanol–water partition coefficient (Wildman–Crippen LogP) is 4.78.